The third-order valence-electron chi connectivity index (χ3n) is 3.46. The number of nitrogens with one attached hydrogen (secondary N) is 2. The molecule has 6 nitrogen and oxygen atoms in total. The van der Waals surface area contributed by atoms with Gasteiger partial charge in [-0.15, -0.1) is 0 Å². The van der Waals surface area contributed by atoms with Crippen molar-refractivity contribution in [2.24, 2.45) is 0 Å². The number of carbonyl (C=O) groups excluding carboxylic acids is 1. The van der Waals surface area contributed by atoms with Crippen molar-refractivity contribution in [2.45, 2.75) is 13.1 Å². The van der Waals surface area contributed by atoms with E-state index >= 15 is 0 Å². The van der Waals surface area contributed by atoms with E-state index in [-0.39, 0.29) is 6.03 Å². The minimum absolute atomic E-state index is 0.268. The normalized spacial score (nSPS) is 10.5. The van der Waals surface area contributed by atoms with E-state index in [1.54, 1.807) is 23.1 Å². The molecule has 0 saturated carbocycles. The molecule has 0 unspecified atom stereocenters. The van der Waals surface area contributed by atoms with Crippen LogP contribution in [0.2, 0.25) is 5.02 Å². The van der Waals surface area contributed by atoms with Crippen molar-refractivity contribution in [3.8, 4) is 5.82 Å². The van der Waals surface area contributed by atoms with Crippen LogP contribution in [0.1, 0.15) is 11.1 Å². The minimum atomic E-state index is -0.268. The summed E-state index contributed by atoms with van der Waals surface area (Å²) in [6.45, 7) is 0.737. The average molecular weight is 421 g/mol. The molecule has 0 spiro atoms. The first-order valence-corrected chi connectivity index (χ1v) is 8.69. The molecule has 0 aliphatic rings. The molecule has 25 heavy (non-hydrogen) atoms. The maximum Gasteiger partial charge on any atom is 0.315 e. The van der Waals surface area contributed by atoms with Crippen molar-refractivity contribution in [1.29, 1.82) is 0 Å². The fraction of sp³-hybridized carbons (Fsp3) is 0.118. The van der Waals surface area contributed by atoms with Crippen LogP contribution in [0.5, 0.6) is 0 Å². The molecule has 3 rings (SSSR count). The molecule has 1 aromatic carbocycles. The van der Waals surface area contributed by atoms with Gasteiger partial charge in [-0.1, -0.05) is 39.7 Å². The standard InChI is InChI=1S/C17H15BrClN5O/c18-14-4-3-13(15(19)8-14)11-22-17(25)21-10-12-2-5-16(20-9-12)24-7-1-6-23-24/h1-9H,10-11H2,(H2,21,22,25). The highest BCUT2D eigenvalue weighted by Gasteiger charge is 2.05. The Hall–Kier alpha value is -2.38. The van der Waals surface area contributed by atoms with Gasteiger partial charge in [-0.3, -0.25) is 0 Å². The lowest BCUT2D eigenvalue weighted by molar-refractivity contribution is 0.240. The number of rotatable bonds is 5. The summed E-state index contributed by atoms with van der Waals surface area (Å²) in [6.07, 6.45) is 5.23. The molecule has 8 heteroatoms. The number of carbonyl (C=O) groups is 1. The summed E-state index contributed by atoms with van der Waals surface area (Å²) in [5.41, 5.74) is 1.75. The van der Waals surface area contributed by atoms with Gasteiger partial charge in [0.15, 0.2) is 5.82 Å². The molecule has 2 amide bonds. The van der Waals surface area contributed by atoms with Gasteiger partial charge in [0, 0.05) is 41.2 Å². The van der Waals surface area contributed by atoms with E-state index in [4.69, 9.17) is 11.6 Å². The predicted octanol–water partition coefficient (Wildman–Crippen LogP) is 3.68. The summed E-state index contributed by atoms with van der Waals surface area (Å²) >= 11 is 9.48. The van der Waals surface area contributed by atoms with Crippen LogP contribution in [-0.4, -0.2) is 20.8 Å². The fourth-order valence-electron chi connectivity index (χ4n) is 2.15. The minimum Gasteiger partial charge on any atom is -0.334 e. The molecule has 0 aliphatic heterocycles. The van der Waals surface area contributed by atoms with E-state index in [0.29, 0.717) is 18.1 Å². The Balaban J connectivity index is 1.49. The monoisotopic (exact) mass is 419 g/mol. The van der Waals surface area contributed by atoms with Crippen molar-refractivity contribution < 1.29 is 4.79 Å². The first-order chi connectivity index (χ1) is 12.1. The molecule has 128 valence electrons. The van der Waals surface area contributed by atoms with Gasteiger partial charge in [0.2, 0.25) is 0 Å². The van der Waals surface area contributed by atoms with Crippen LogP contribution in [0, 0.1) is 0 Å². The van der Waals surface area contributed by atoms with E-state index in [9.17, 15) is 4.79 Å². The summed E-state index contributed by atoms with van der Waals surface area (Å²) in [5.74, 6) is 0.725. The molecule has 2 aromatic heterocycles. The van der Waals surface area contributed by atoms with Crippen LogP contribution in [0.3, 0.4) is 0 Å². The maximum absolute atomic E-state index is 11.9. The Bertz CT molecular complexity index is 852. The third-order valence-corrected chi connectivity index (χ3v) is 4.30. The molecule has 0 bridgehead atoms. The van der Waals surface area contributed by atoms with Crippen LogP contribution >= 0.6 is 27.5 Å². The maximum atomic E-state index is 11.9. The molecule has 3 aromatic rings. The quantitative estimate of drug-likeness (QED) is 0.661. The van der Waals surface area contributed by atoms with Crippen molar-refractivity contribution in [1.82, 2.24) is 25.4 Å². The zero-order valence-electron chi connectivity index (χ0n) is 13.1. The Kier molecular flexibility index (Phi) is 5.67. The van der Waals surface area contributed by atoms with E-state index in [2.05, 4.69) is 36.6 Å². The predicted molar refractivity (Wildman–Crippen MR) is 99.6 cm³/mol. The number of amides is 2. The molecule has 0 atom stereocenters. The summed E-state index contributed by atoms with van der Waals surface area (Å²) in [7, 11) is 0. The second-order valence-corrected chi connectivity index (χ2v) is 6.57. The largest absolute Gasteiger partial charge is 0.334 e. The van der Waals surface area contributed by atoms with Gasteiger partial charge in [-0.2, -0.15) is 5.10 Å². The highest BCUT2D eigenvalue weighted by atomic mass is 79.9. The lowest BCUT2D eigenvalue weighted by Crippen LogP contribution is -2.34. The lowest BCUT2D eigenvalue weighted by atomic mass is 10.2. The first kappa shape index (κ1) is 17.4. The van der Waals surface area contributed by atoms with Crippen molar-refractivity contribution in [3.63, 3.8) is 0 Å². The van der Waals surface area contributed by atoms with Gasteiger partial charge >= 0.3 is 6.03 Å². The highest BCUT2D eigenvalue weighted by molar-refractivity contribution is 9.10. The number of halogens is 2. The average Bonchev–Trinajstić information content (AvgIpc) is 3.14. The SMILES string of the molecule is O=C(NCc1ccc(-n2cccn2)nc1)NCc1ccc(Br)cc1Cl. The van der Waals surface area contributed by atoms with Gasteiger partial charge in [-0.05, 0) is 35.4 Å². The Morgan fingerprint density at radius 3 is 2.72 bits per heavy atom. The molecule has 0 saturated heterocycles. The number of aromatic nitrogens is 3. The molecule has 2 N–H and O–H groups in total. The number of hydrogen-bond donors (Lipinski definition) is 2. The van der Waals surface area contributed by atoms with Gasteiger partial charge in [0.05, 0.1) is 0 Å². The zero-order chi connectivity index (χ0) is 17.6. The van der Waals surface area contributed by atoms with Crippen molar-refractivity contribution >= 4 is 33.6 Å². The first-order valence-electron chi connectivity index (χ1n) is 7.52. The summed E-state index contributed by atoms with van der Waals surface area (Å²) in [5, 5.41) is 10.3. The Labute approximate surface area is 158 Å². The molecule has 0 aliphatic carbocycles. The molecule has 0 fully saturated rings. The number of pyridine rings is 1. The lowest BCUT2D eigenvalue weighted by Gasteiger charge is -2.09. The van der Waals surface area contributed by atoms with Crippen LogP contribution in [0.15, 0.2) is 59.5 Å². The van der Waals surface area contributed by atoms with Crippen LogP contribution in [-0.2, 0) is 13.1 Å². The van der Waals surface area contributed by atoms with Crippen LogP contribution in [0.4, 0.5) is 4.79 Å². The summed E-state index contributed by atoms with van der Waals surface area (Å²) in [4.78, 5) is 16.2. The Morgan fingerprint density at radius 2 is 2.04 bits per heavy atom. The van der Waals surface area contributed by atoms with E-state index in [1.165, 1.54) is 0 Å². The van der Waals surface area contributed by atoms with E-state index in [0.717, 1.165) is 21.4 Å². The van der Waals surface area contributed by atoms with E-state index < -0.39 is 0 Å². The second-order valence-electron chi connectivity index (χ2n) is 5.25. The summed E-state index contributed by atoms with van der Waals surface area (Å²) in [6, 6.07) is 10.9. The van der Waals surface area contributed by atoms with Crippen LogP contribution in [0.25, 0.3) is 5.82 Å². The second kappa shape index (κ2) is 8.13. The number of urea groups is 1. The van der Waals surface area contributed by atoms with Gasteiger partial charge in [0.25, 0.3) is 0 Å². The molecular formula is C17H15BrClN5O. The number of nitrogens with zero attached hydrogens (tertiary/aromatic N) is 3. The van der Waals surface area contributed by atoms with Gasteiger partial charge < -0.3 is 10.6 Å². The topological polar surface area (TPSA) is 71.8 Å². The highest BCUT2D eigenvalue weighted by Crippen LogP contribution is 2.21. The molecular weight excluding hydrogens is 406 g/mol. The Morgan fingerprint density at radius 1 is 1.20 bits per heavy atom. The fourth-order valence-corrected chi connectivity index (χ4v) is 2.89. The van der Waals surface area contributed by atoms with Crippen LogP contribution < -0.4 is 10.6 Å². The van der Waals surface area contributed by atoms with Crippen molar-refractivity contribution in [3.05, 3.63) is 75.6 Å². The van der Waals surface area contributed by atoms with Gasteiger partial charge in [0.1, 0.15) is 0 Å². The van der Waals surface area contributed by atoms with E-state index in [1.807, 2.05) is 36.5 Å². The van der Waals surface area contributed by atoms with Gasteiger partial charge in [-0.25, -0.2) is 14.5 Å². The molecule has 2 heterocycles. The smallest absolute Gasteiger partial charge is 0.315 e. The zero-order valence-corrected chi connectivity index (χ0v) is 15.5. The molecule has 0 radical (unpaired) electrons. The third kappa shape index (κ3) is 4.80. The summed E-state index contributed by atoms with van der Waals surface area (Å²) < 4.78 is 2.57. The van der Waals surface area contributed by atoms with Crippen molar-refractivity contribution in [2.75, 3.05) is 0 Å². The number of hydrogen-bond acceptors (Lipinski definition) is 3. The number of benzene rings is 1.